The zero-order valence-corrected chi connectivity index (χ0v) is 8.45. The molecule has 0 radical (unpaired) electrons. The molecular weight excluding hydrogens is 182 g/mol. The summed E-state index contributed by atoms with van der Waals surface area (Å²) in [7, 11) is 0. The molecule has 0 unspecified atom stereocenters. The molecule has 0 aromatic heterocycles. The SMILES string of the molecule is CC(=O)NCC1CCN(C(N)=O)CC1. The highest BCUT2D eigenvalue weighted by Gasteiger charge is 2.20. The smallest absolute Gasteiger partial charge is 0.314 e. The molecular formula is C9H17N3O2. The predicted molar refractivity (Wildman–Crippen MR) is 52.6 cm³/mol. The Kier molecular flexibility index (Phi) is 3.73. The number of nitrogens with zero attached hydrogens (tertiary/aromatic N) is 1. The average Bonchev–Trinajstić information content (AvgIpc) is 2.15. The van der Waals surface area contributed by atoms with Crippen molar-refractivity contribution in [2.45, 2.75) is 19.8 Å². The second kappa shape index (κ2) is 4.83. The quantitative estimate of drug-likeness (QED) is 0.652. The number of carbonyl (C=O) groups is 2. The van der Waals surface area contributed by atoms with Gasteiger partial charge in [0.1, 0.15) is 0 Å². The lowest BCUT2D eigenvalue weighted by Gasteiger charge is -2.30. The highest BCUT2D eigenvalue weighted by atomic mass is 16.2. The number of carbonyl (C=O) groups excluding carboxylic acids is 2. The molecule has 5 heteroatoms. The van der Waals surface area contributed by atoms with E-state index in [1.807, 2.05) is 0 Å². The average molecular weight is 199 g/mol. The van der Waals surface area contributed by atoms with Gasteiger partial charge in [0, 0.05) is 26.6 Å². The van der Waals surface area contributed by atoms with E-state index in [-0.39, 0.29) is 11.9 Å². The Hall–Kier alpha value is -1.26. The monoisotopic (exact) mass is 199 g/mol. The normalized spacial score (nSPS) is 17.9. The van der Waals surface area contributed by atoms with Gasteiger partial charge in [0.2, 0.25) is 5.91 Å². The van der Waals surface area contributed by atoms with Crippen LogP contribution in [0.1, 0.15) is 19.8 Å². The van der Waals surface area contributed by atoms with Crippen molar-refractivity contribution in [2.24, 2.45) is 11.7 Å². The molecule has 0 aromatic rings. The lowest BCUT2D eigenvalue weighted by Crippen LogP contribution is -2.43. The van der Waals surface area contributed by atoms with Crippen molar-refractivity contribution in [2.75, 3.05) is 19.6 Å². The van der Waals surface area contributed by atoms with Gasteiger partial charge in [-0.3, -0.25) is 4.79 Å². The molecule has 0 aliphatic carbocycles. The van der Waals surface area contributed by atoms with Gasteiger partial charge >= 0.3 is 6.03 Å². The van der Waals surface area contributed by atoms with Crippen molar-refractivity contribution < 1.29 is 9.59 Å². The summed E-state index contributed by atoms with van der Waals surface area (Å²) in [4.78, 5) is 23.1. The summed E-state index contributed by atoms with van der Waals surface area (Å²) in [5.74, 6) is 0.483. The summed E-state index contributed by atoms with van der Waals surface area (Å²) in [6.07, 6.45) is 1.84. The molecule has 1 aliphatic heterocycles. The molecule has 14 heavy (non-hydrogen) atoms. The first-order valence-corrected chi connectivity index (χ1v) is 4.88. The summed E-state index contributed by atoms with van der Waals surface area (Å²) >= 11 is 0. The van der Waals surface area contributed by atoms with Crippen LogP contribution >= 0.6 is 0 Å². The second-order valence-electron chi connectivity index (χ2n) is 3.71. The van der Waals surface area contributed by atoms with Gasteiger partial charge in [-0.15, -0.1) is 0 Å². The molecule has 1 aliphatic rings. The van der Waals surface area contributed by atoms with Crippen LogP contribution in [0.3, 0.4) is 0 Å². The van der Waals surface area contributed by atoms with E-state index in [0.29, 0.717) is 25.6 Å². The number of rotatable bonds is 2. The fourth-order valence-electron chi connectivity index (χ4n) is 1.65. The van der Waals surface area contributed by atoms with Crippen molar-refractivity contribution in [3.63, 3.8) is 0 Å². The van der Waals surface area contributed by atoms with Crippen molar-refractivity contribution in [3.8, 4) is 0 Å². The number of likely N-dealkylation sites (tertiary alicyclic amines) is 1. The topological polar surface area (TPSA) is 75.4 Å². The molecule has 80 valence electrons. The standard InChI is InChI=1S/C9H17N3O2/c1-7(13)11-6-8-2-4-12(5-3-8)9(10)14/h8H,2-6H2,1H3,(H2,10,14)(H,11,13). The Morgan fingerprint density at radius 1 is 1.43 bits per heavy atom. The summed E-state index contributed by atoms with van der Waals surface area (Å²) in [5.41, 5.74) is 5.15. The van der Waals surface area contributed by atoms with Crippen LogP contribution in [0.2, 0.25) is 0 Å². The summed E-state index contributed by atoms with van der Waals surface area (Å²) in [6.45, 7) is 3.64. The maximum absolute atomic E-state index is 10.8. The molecule has 1 fully saturated rings. The molecule has 0 atom stereocenters. The Bertz CT molecular complexity index is 222. The van der Waals surface area contributed by atoms with E-state index in [4.69, 9.17) is 5.73 Å². The van der Waals surface area contributed by atoms with Crippen LogP contribution in [0.15, 0.2) is 0 Å². The lowest BCUT2D eigenvalue weighted by molar-refractivity contribution is -0.119. The number of piperidine rings is 1. The molecule has 3 amide bonds. The highest BCUT2D eigenvalue weighted by molar-refractivity contribution is 5.73. The van der Waals surface area contributed by atoms with Gasteiger partial charge < -0.3 is 16.0 Å². The largest absolute Gasteiger partial charge is 0.356 e. The Labute approximate surface area is 83.6 Å². The van der Waals surface area contributed by atoms with Gasteiger partial charge in [-0.25, -0.2) is 4.79 Å². The van der Waals surface area contributed by atoms with Gasteiger partial charge in [-0.2, -0.15) is 0 Å². The number of nitrogens with two attached hydrogens (primary N) is 1. The van der Waals surface area contributed by atoms with E-state index in [9.17, 15) is 9.59 Å². The first kappa shape index (κ1) is 10.8. The minimum atomic E-state index is -0.344. The Morgan fingerprint density at radius 2 is 2.00 bits per heavy atom. The number of urea groups is 1. The van der Waals surface area contributed by atoms with E-state index < -0.39 is 0 Å². The van der Waals surface area contributed by atoms with Gasteiger partial charge in [0.05, 0.1) is 0 Å². The van der Waals surface area contributed by atoms with Gasteiger partial charge in [0.15, 0.2) is 0 Å². The van der Waals surface area contributed by atoms with E-state index in [0.717, 1.165) is 12.8 Å². The van der Waals surface area contributed by atoms with E-state index in [1.54, 1.807) is 4.90 Å². The molecule has 0 spiro atoms. The van der Waals surface area contributed by atoms with Crippen LogP contribution in [-0.2, 0) is 4.79 Å². The van der Waals surface area contributed by atoms with Crippen molar-refractivity contribution in [3.05, 3.63) is 0 Å². The number of hydrogen-bond acceptors (Lipinski definition) is 2. The van der Waals surface area contributed by atoms with Gasteiger partial charge in [-0.1, -0.05) is 0 Å². The zero-order chi connectivity index (χ0) is 10.6. The number of amides is 3. The number of primary amides is 1. The van der Waals surface area contributed by atoms with E-state index in [2.05, 4.69) is 5.32 Å². The van der Waals surface area contributed by atoms with Crippen LogP contribution in [0.25, 0.3) is 0 Å². The third-order valence-corrected chi connectivity index (χ3v) is 2.57. The van der Waals surface area contributed by atoms with Crippen molar-refractivity contribution in [1.82, 2.24) is 10.2 Å². The van der Waals surface area contributed by atoms with Crippen LogP contribution in [0.5, 0.6) is 0 Å². The maximum Gasteiger partial charge on any atom is 0.314 e. The summed E-state index contributed by atoms with van der Waals surface area (Å²) in [5, 5.41) is 2.79. The Morgan fingerprint density at radius 3 is 2.43 bits per heavy atom. The van der Waals surface area contributed by atoms with Crippen molar-refractivity contribution >= 4 is 11.9 Å². The number of hydrogen-bond donors (Lipinski definition) is 2. The molecule has 1 heterocycles. The summed E-state index contributed by atoms with van der Waals surface area (Å²) in [6, 6.07) is -0.344. The minimum absolute atomic E-state index is 0.00216. The molecule has 0 saturated carbocycles. The third kappa shape index (κ3) is 3.24. The lowest BCUT2D eigenvalue weighted by atomic mass is 9.97. The van der Waals surface area contributed by atoms with Crippen molar-refractivity contribution in [1.29, 1.82) is 0 Å². The van der Waals surface area contributed by atoms with Crippen LogP contribution in [-0.4, -0.2) is 36.5 Å². The third-order valence-electron chi connectivity index (χ3n) is 2.57. The molecule has 1 rings (SSSR count). The minimum Gasteiger partial charge on any atom is -0.356 e. The van der Waals surface area contributed by atoms with E-state index in [1.165, 1.54) is 6.92 Å². The molecule has 0 aromatic carbocycles. The number of nitrogens with one attached hydrogen (secondary N) is 1. The van der Waals surface area contributed by atoms with Gasteiger partial charge in [0.25, 0.3) is 0 Å². The Balaban J connectivity index is 2.22. The van der Waals surface area contributed by atoms with Crippen LogP contribution < -0.4 is 11.1 Å². The predicted octanol–water partition coefficient (Wildman–Crippen LogP) is -0.0868. The molecule has 0 bridgehead atoms. The zero-order valence-electron chi connectivity index (χ0n) is 8.45. The fraction of sp³-hybridized carbons (Fsp3) is 0.778. The highest BCUT2D eigenvalue weighted by Crippen LogP contribution is 2.15. The van der Waals surface area contributed by atoms with Gasteiger partial charge in [-0.05, 0) is 18.8 Å². The molecule has 3 N–H and O–H groups in total. The molecule has 1 saturated heterocycles. The first-order valence-electron chi connectivity index (χ1n) is 4.88. The maximum atomic E-state index is 10.8. The fourth-order valence-corrected chi connectivity index (χ4v) is 1.65. The summed E-state index contributed by atoms with van der Waals surface area (Å²) < 4.78 is 0. The van der Waals surface area contributed by atoms with E-state index >= 15 is 0 Å². The second-order valence-corrected chi connectivity index (χ2v) is 3.71. The first-order chi connectivity index (χ1) is 6.59. The van der Waals surface area contributed by atoms with Crippen LogP contribution in [0.4, 0.5) is 4.79 Å². The molecule has 5 nitrogen and oxygen atoms in total. The van der Waals surface area contributed by atoms with Crippen LogP contribution in [0, 0.1) is 5.92 Å².